The molecule has 0 radical (unpaired) electrons. The van der Waals surface area contributed by atoms with Crippen molar-refractivity contribution in [2.24, 2.45) is 0 Å². The van der Waals surface area contributed by atoms with E-state index >= 15 is 0 Å². The van der Waals surface area contributed by atoms with E-state index in [0.29, 0.717) is 5.56 Å². The molecule has 0 aliphatic heterocycles. The van der Waals surface area contributed by atoms with E-state index in [9.17, 15) is 13.2 Å². The quantitative estimate of drug-likeness (QED) is 0.740. The Morgan fingerprint density at radius 2 is 2.00 bits per heavy atom. The van der Waals surface area contributed by atoms with E-state index in [1.165, 1.54) is 6.20 Å². The molecule has 14 heavy (non-hydrogen) atoms. The first-order valence-corrected chi connectivity index (χ1v) is 4.11. The SMILES string of the molecule is CC(C)c1cccnc1OC(F)(F)F. The zero-order valence-electron chi connectivity index (χ0n) is 7.80. The van der Waals surface area contributed by atoms with Crippen molar-refractivity contribution in [3.05, 3.63) is 23.9 Å². The average molecular weight is 205 g/mol. The first-order chi connectivity index (χ1) is 6.40. The summed E-state index contributed by atoms with van der Waals surface area (Å²) in [6.07, 6.45) is -3.41. The van der Waals surface area contributed by atoms with E-state index in [4.69, 9.17) is 0 Å². The fourth-order valence-corrected chi connectivity index (χ4v) is 1.04. The van der Waals surface area contributed by atoms with Gasteiger partial charge in [0.05, 0.1) is 0 Å². The minimum atomic E-state index is -4.68. The van der Waals surface area contributed by atoms with Crippen molar-refractivity contribution in [2.45, 2.75) is 26.1 Å². The summed E-state index contributed by atoms with van der Waals surface area (Å²) in [5, 5.41) is 0. The summed E-state index contributed by atoms with van der Waals surface area (Å²) < 4.78 is 39.6. The Hall–Kier alpha value is -1.26. The molecule has 0 amide bonds. The molecule has 1 rings (SSSR count). The third-order valence-corrected chi connectivity index (χ3v) is 1.64. The van der Waals surface area contributed by atoms with E-state index < -0.39 is 6.36 Å². The number of rotatable bonds is 2. The predicted molar refractivity (Wildman–Crippen MR) is 45.0 cm³/mol. The van der Waals surface area contributed by atoms with Crippen LogP contribution in [0.5, 0.6) is 5.88 Å². The highest BCUT2D eigenvalue weighted by atomic mass is 19.4. The van der Waals surface area contributed by atoms with Gasteiger partial charge in [-0.1, -0.05) is 19.9 Å². The second-order valence-corrected chi connectivity index (χ2v) is 3.10. The zero-order valence-corrected chi connectivity index (χ0v) is 7.80. The van der Waals surface area contributed by atoms with Crippen molar-refractivity contribution in [1.82, 2.24) is 4.98 Å². The zero-order chi connectivity index (χ0) is 10.8. The molecule has 1 heterocycles. The third-order valence-electron chi connectivity index (χ3n) is 1.64. The maximum Gasteiger partial charge on any atom is 0.574 e. The molecule has 0 atom stereocenters. The summed E-state index contributed by atoms with van der Waals surface area (Å²) in [6.45, 7) is 3.56. The molecule has 0 aliphatic carbocycles. The Morgan fingerprint density at radius 1 is 1.36 bits per heavy atom. The number of ether oxygens (including phenoxy) is 1. The molecule has 2 nitrogen and oxygen atoms in total. The lowest BCUT2D eigenvalue weighted by atomic mass is 10.1. The van der Waals surface area contributed by atoms with Crippen LogP contribution >= 0.6 is 0 Å². The molecule has 0 fully saturated rings. The van der Waals surface area contributed by atoms with Crippen LogP contribution in [-0.2, 0) is 0 Å². The van der Waals surface area contributed by atoms with Crippen LogP contribution in [0.1, 0.15) is 25.3 Å². The van der Waals surface area contributed by atoms with Crippen molar-refractivity contribution >= 4 is 0 Å². The number of nitrogens with zero attached hydrogens (tertiary/aromatic N) is 1. The summed E-state index contributed by atoms with van der Waals surface area (Å²) in [4.78, 5) is 3.54. The lowest BCUT2D eigenvalue weighted by Crippen LogP contribution is -2.19. The topological polar surface area (TPSA) is 22.1 Å². The molecule has 0 spiro atoms. The summed E-state index contributed by atoms with van der Waals surface area (Å²) >= 11 is 0. The van der Waals surface area contributed by atoms with Gasteiger partial charge in [-0.05, 0) is 12.0 Å². The minimum Gasteiger partial charge on any atom is -0.388 e. The molecule has 5 heteroatoms. The van der Waals surface area contributed by atoms with Gasteiger partial charge >= 0.3 is 6.36 Å². The van der Waals surface area contributed by atoms with E-state index in [1.807, 2.05) is 0 Å². The standard InChI is InChI=1S/C9H10F3NO/c1-6(2)7-4-3-5-13-8(7)14-9(10,11)12/h3-6H,1-2H3. The second-order valence-electron chi connectivity index (χ2n) is 3.10. The van der Waals surface area contributed by atoms with Crippen LogP contribution in [0.2, 0.25) is 0 Å². The van der Waals surface area contributed by atoms with Gasteiger partial charge in [-0.15, -0.1) is 13.2 Å². The van der Waals surface area contributed by atoms with Crippen LogP contribution in [0.3, 0.4) is 0 Å². The van der Waals surface area contributed by atoms with Crippen LogP contribution in [-0.4, -0.2) is 11.3 Å². The van der Waals surface area contributed by atoms with Crippen LogP contribution in [0.4, 0.5) is 13.2 Å². The first kappa shape index (κ1) is 10.8. The Morgan fingerprint density at radius 3 is 2.50 bits per heavy atom. The summed E-state index contributed by atoms with van der Waals surface area (Å²) in [7, 11) is 0. The van der Waals surface area contributed by atoms with Gasteiger partial charge in [0.25, 0.3) is 0 Å². The van der Waals surface area contributed by atoms with Crippen molar-refractivity contribution in [1.29, 1.82) is 0 Å². The largest absolute Gasteiger partial charge is 0.574 e. The molecule has 0 saturated carbocycles. The van der Waals surface area contributed by atoms with Gasteiger partial charge in [0, 0.05) is 11.8 Å². The van der Waals surface area contributed by atoms with Crippen LogP contribution in [0, 0.1) is 0 Å². The molecule has 0 aromatic carbocycles. The van der Waals surface area contributed by atoms with Crippen molar-refractivity contribution in [3.8, 4) is 5.88 Å². The summed E-state index contributed by atoms with van der Waals surface area (Å²) in [5.74, 6) is -0.420. The molecule has 0 N–H and O–H groups in total. The molecular formula is C9H10F3NO. The van der Waals surface area contributed by atoms with Crippen molar-refractivity contribution in [3.63, 3.8) is 0 Å². The number of halogens is 3. The van der Waals surface area contributed by atoms with Crippen molar-refractivity contribution < 1.29 is 17.9 Å². The van der Waals surface area contributed by atoms with Gasteiger partial charge in [-0.3, -0.25) is 0 Å². The first-order valence-electron chi connectivity index (χ1n) is 4.11. The normalized spacial score (nSPS) is 11.9. The van der Waals surface area contributed by atoms with E-state index in [2.05, 4.69) is 9.72 Å². The fraction of sp³-hybridized carbons (Fsp3) is 0.444. The molecule has 1 aromatic rings. The molecule has 78 valence electrons. The highest BCUT2D eigenvalue weighted by molar-refractivity contribution is 5.28. The van der Waals surface area contributed by atoms with Crippen molar-refractivity contribution in [2.75, 3.05) is 0 Å². The highest BCUT2D eigenvalue weighted by Crippen LogP contribution is 2.28. The van der Waals surface area contributed by atoms with Gasteiger partial charge in [-0.2, -0.15) is 0 Å². The Kier molecular flexibility index (Phi) is 2.98. The smallest absolute Gasteiger partial charge is 0.388 e. The Bertz CT molecular complexity index is 309. The van der Waals surface area contributed by atoms with Crippen LogP contribution in [0.15, 0.2) is 18.3 Å². The highest BCUT2D eigenvalue weighted by Gasteiger charge is 2.32. The Labute approximate surface area is 79.7 Å². The minimum absolute atomic E-state index is 0.0546. The summed E-state index contributed by atoms with van der Waals surface area (Å²) in [6, 6.07) is 3.15. The van der Waals surface area contributed by atoms with Crippen LogP contribution in [0.25, 0.3) is 0 Å². The van der Waals surface area contributed by atoms with Gasteiger partial charge in [0.2, 0.25) is 5.88 Å². The molecule has 1 aromatic heterocycles. The lowest BCUT2D eigenvalue weighted by molar-refractivity contribution is -0.276. The third kappa shape index (κ3) is 2.90. The number of alkyl halides is 3. The van der Waals surface area contributed by atoms with Gasteiger partial charge in [0.1, 0.15) is 0 Å². The van der Waals surface area contributed by atoms with E-state index in [-0.39, 0.29) is 11.8 Å². The number of aromatic nitrogens is 1. The van der Waals surface area contributed by atoms with Crippen LogP contribution < -0.4 is 4.74 Å². The maximum atomic E-state index is 11.9. The monoisotopic (exact) mass is 205 g/mol. The van der Waals surface area contributed by atoms with E-state index in [1.54, 1.807) is 26.0 Å². The fourth-order valence-electron chi connectivity index (χ4n) is 1.04. The summed E-state index contributed by atoms with van der Waals surface area (Å²) in [5.41, 5.74) is 0.449. The Balaban J connectivity index is 2.96. The van der Waals surface area contributed by atoms with Gasteiger partial charge in [-0.25, -0.2) is 4.98 Å². The molecular weight excluding hydrogens is 195 g/mol. The number of hydrogen-bond donors (Lipinski definition) is 0. The number of hydrogen-bond acceptors (Lipinski definition) is 2. The van der Waals surface area contributed by atoms with Gasteiger partial charge < -0.3 is 4.74 Å². The average Bonchev–Trinajstić information content (AvgIpc) is 2.01. The molecule has 0 bridgehead atoms. The molecule has 0 unspecified atom stereocenters. The van der Waals surface area contributed by atoms with E-state index in [0.717, 1.165) is 0 Å². The molecule has 0 saturated heterocycles. The number of pyridine rings is 1. The second kappa shape index (κ2) is 3.86. The lowest BCUT2D eigenvalue weighted by Gasteiger charge is -2.13. The van der Waals surface area contributed by atoms with Gasteiger partial charge in [0.15, 0.2) is 0 Å². The molecule has 0 aliphatic rings. The maximum absolute atomic E-state index is 11.9. The predicted octanol–water partition coefficient (Wildman–Crippen LogP) is 3.10.